The second-order valence-electron chi connectivity index (χ2n) is 8.06. The zero-order chi connectivity index (χ0) is 24.2. The van der Waals surface area contributed by atoms with Gasteiger partial charge in [-0.25, -0.2) is 12.7 Å². The van der Waals surface area contributed by atoms with Gasteiger partial charge < -0.3 is 10.2 Å². The lowest BCUT2D eigenvalue weighted by atomic mass is 10.1. The third-order valence-electron chi connectivity index (χ3n) is 5.66. The molecule has 176 valence electrons. The summed E-state index contributed by atoms with van der Waals surface area (Å²) >= 11 is 0. The number of nitrogens with one attached hydrogen (secondary N) is 1. The topological polar surface area (TPSA) is 104 Å². The molecule has 1 aliphatic heterocycles. The van der Waals surface area contributed by atoms with Crippen molar-refractivity contribution in [3.63, 3.8) is 0 Å². The number of hydrogen-bond donors (Lipinski definition) is 1. The zero-order valence-electron chi connectivity index (χ0n) is 19.1. The smallest absolute Gasteiger partial charge is 0.269 e. The number of sulfonamides is 1. The van der Waals surface area contributed by atoms with Gasteiger partial charge in [0.1, 0.15) is 10.9 Å². The molecule has 0 radical (unpaired) electrons. The van der Waals surface area contributed by atoms with Crippen molar-refractivity contribution in [2.24, 2.45) is 0 Å². The molecule has 8 nitrogen and oxygen atoms in total. The van der Waals surface area contributed by atoms with Crippen LogP contribution in [-0.4, -0.2) is 54.5 Å². The first-order valence-electron chi connectivity index (χ1n) is 11.0. The fourth-order valence-electron chi connectivity index (χ4n) is 3.76. The Labute approximate surface area is 194 Å². The minimum Gasteiger partial charge on any atom is -0.355 e. The van der Waals surface area contributed by atoms with Crippen LogP contribution < -0.4 is 5.32 Å². The zero-order valence-corrected chi connectivity index (χ0v) is 19.9. The molecular formula is C24H29N3O5S. The Kier molecular flexibility index (Phi) is 7.53. The van der Waals surface area contributed by atoms with Gasteiger partial charge in [-0.2, -0.15) is 0 Å². The number of rotatable bonds is 9. The number of carbonyl (C=O) groups excluding carboxylic acids is 3. The largest absolute Gasteiger partial charge is 0.355 e. The molecule has 0 saturated heterocycles. The average molecular weight is 472 g/mol. The summed E-state index contributed by atoms with van der Waals surface area (Å²) in [6.07, 6.45) is 0.162. The van der Waals surface area contributed by atoms with Crippen LogP contribution in [0, 0.1) is 6.92 Å². The summed E-state index contributed by atoms with van der Waals surface area (Å²) in [6.45, 7) is 6.05. The van der Waals surface area contributed by atoms with E-state index in [1.807, 2.05) is 38.1 Å². The van der Waals surface area contributed by atoms with Crippen LogP contribution in [0.3, 0.4) is 0 Å². The Morgan fingerprint density at radius 1 is 1.09 bits per heavy atom. The van der Waals surface area contributed by atoms with Crippen molar-refractivity contribution < 1.29 is 22.8 Å². The van der Waals surface area contributed by atoms with Gasteiger partial charge in [0, 0.05) is 26.1 Å². The number of hydrogen-bond acceptors (Lipinski definition) is 5. The molecule has 1 heterocycles. The highest BCUT2D eigenvalue weighted by molar-refractivity contribution is 7.90. The maximum atomic E-state index is 13.1. The van der Waals surface area contributed by atoms with Crippen molar-refractivity contribution in [3.8, 4) is 0 Å². The van der Waals surface area contributed by atoms with Gasteiger partial charge in [0.2, 0.25) is 11.8 Å². The molecule has 9 heteroatoms. The van der Waals surface area contributed by atoms with Gasteiger partial charge in [-0.1, -0.05) is 42.0 Å². The van der Waals surface area contributed by atoms with Crippen LogP contribution in [0.1, 0.15) is 48.2 Å². The molecule has 0 fully saturated rings. The number of carbonyl (C=O) groups is 3. The van der Waals surface area contributed by atoms with Crippen molar-refractivity contribution in [2.45, 2.75) is 51.1 Å². The van der Waals surface area contributed by atoms with Gasteiger partial charge in [0.25, 0.3) is 15.9 Å². The van der Waals surface area contributed by atoms with Gasteiger partial charge in [-0.3, -0.25) is 14.4 Å². The lowest BCUT2D eigenvalue weighted by Gasteiger charge is -2.29. The Morgan fingerprint density at radius 3 is 2.39 bits per heavy atom. The maximum Gasteiger partial charge on any atom is 0.269 e. The molecule has 33 heavy (non-hydrogen) atoms. The van der Waals surface area contributed by atoms with E-state index in [0.717, 1.165) is 15.4 Å². The summed E-state index contributed by atoms with van der Waals surface area (Å²) < 4.78 is 26.2. The first-order chi connectivity index (χ1) is 15.7. The lowest BCUT2D eigenvalue weighted by Crippen LogP contribution is -2.47. The summed E-state index contributed by atoms with van der Waals surface area (Å²) in [5.41, 5.74) is 2.12. The minimum absolute atomic E-state index is 0.00521. The number of likely N-dealkylation sites (N-methyl/N-ethyl adjacent to an activating group) is 1. The fourth-order valence-corrected chi connectivity index (χ4v) is 5.37. The van der Waals surface area contributed by atoms with Gasteiger partial charge in [-0.05, 0) is 44.9 Å². The van der Waals surface area contributed by atoms with Crippen LogP contribution in [0.15, 0.2) is 53.4 Å². The van der Waals surface area contributed by atoms with E-state index in [0.29, 0.717) is 6.54 Å². The monoisotopic (exact) mass is 471 g/mol. The van der Waals surface area contributed by atoms with Crippen LogP contribution in [0.5, 0.6) is 0 Å². The SMILES string of the molecule is CCNC(=O)[C@H](C)N(Cc1ccc(C)cc1)C(=O)CCCN1C(=O)c2ccccc2S1(=O)=O. The van der Waals surface area contributed by atoms with E-state index in [1.54, 1.807) is 19.1 Å². The molecule has 1 aliphatic rings. The normalized spacial score (nSPS) is 15.1. The fraction of sp³-hybridized carbons (Fsp3) is 0.375. The van der Waals surface area contributed by atoms with E-state index in [4.69, 9.17) is 0 Å². The molecular weight excluding hydrogens is 442 g/mol. The Hall–Kier alpha value is -3.20. The molecule has 0 unspecified atom stereocenters. The maximum absolute atomic E-state index is 13.1. The van der Waals surface area contributed by atoms with E-state index in [9.17, 15) is 22.8 Å². The van der Waals surface area contributed by atoms with Crippen LogP contribution >= 0.6 is 0 Å². The minimum atomic E-state index is -3.91. The number of aryl methyl sites for hydroxylation is 1. The predicted molar refractivity (Wildman–Crippen MR) is 124 cm³/mol. The Bertz CT molecular complexity index is 1140. The van der Waals surface area contributed by atoms with Crippen LogP contribution in [0.25, 0.3) is 0 Å². The van der Waals surface area contributed by atoms with Crippen LogP contribution in [0.4, 0.5) is 0 Å². The van der Waals surface area contributed by atoms with Crippen LogP contribution in [-0.2, 0) is 26.2 Å². The van der Waals surface area contributed by atoms with E-state index in [1.165, 1.54) is 17.0 Å². The third kappa shape index (κ3) is 5.24. The second kappa shape index (κ2) is 10.2. The quantitative estimate of drug-likeness (QED) is 0.605. The van der Waals surface area contributed by atoms with Crippen molar-refractivity contribution in [3.05, 3.63) is 65.2 Å². The van der Waals surface area contributed by atoms with Crippen molar-refractivity contribution in [2.75, 3.05) is 13.1 Å². The van der Waals surface area contributed by atoms with E-state index in [2.05, 4.69) is 5.32 Å². The molecule has 2 aromatic rings. The standard InChI is InChI=1S/C24H29N3O5S/c1-4-25-23(29)18(3)26(16-19-13-11-17(2)12-14-19)22(28)10-7-15-27-24(30)20-8-5-6-9-21(20)33(27,31)32/h5-6,8-9,11-14,18H,4,7,10,15-16H2,1-3H3,(H,25,29)/t18-/m0/s1. The highest BCUT2D eigenvalue weighted by Crippen LogP contribution is 2.30. The van der Waals surface area contributed by atoms with Crippen molar-refractivity contribution in [1.82, 2.24) is 14.5 Å². The second-order valence-corrected chi connectivity index (χ2v) is 9.89. The molecule has 1 atom stereocenters. The highest BCUT2D eigenvalue weighted by Gasteiger charge is 2.40. The summed E-state index contributed by atoms with van der Waals surface area (Å²) in [4.78, 5) is 39.6. The summed E-state index contributed by atoms with van der Waals surface area (Å²) in [5.74, 6) is -1.12. The lowest BCUT2D eigenvalue weighted by molar-refractivity contribution is -0.140. The van der Waals surface area contributed by atoms with Gasteiger partial charge in [-0.15, -0.1) is 0 Å². The number of amides is 3. The summed E-state index contributed by atoms with van der Waals surface area (Å²) in [6, 6.07) is 13.1. The molecule has 0 bridgehead atoms. The first kappa shape index (κ1) is 24.4. The van der Waals surface area contributed by atoms with Crippen molar-refractivity contribution >= 4 is 27.7 Å². The summed E-state index contributed by atoms with van der Waals surface area (Å²) in [7, 11) is -3.91. The molecule has 1 N–H and O–H groups in total. The Balaban J connectivity index is 1.70. The van der Waals surface area contributed by atoms with E-state index < -0.39 is 22.0 Å². The third-order valence-corrected chi connectivity index (χ3v) is 7.50. The highest BCUT2D eigenvalue weighted by atomic mass is 32.2. The molecule has 0 aromatic heterocycles. The van der Waals surface area contributed by atoms with E-state index >= 15 is 0 Å². The molecule has 2 aromatic carbocycles. The molecule has 0 spiro atoms. The molecule has 0 aliphatic carbocycles. The molecule has 3 amide bonds. The molecule has 3 rings (SSSR count). The van der Waals surface area contributed by atoms with Crippen molar-refractivity contribution in [1.29, 1.82) is 0 Å². The predicted octanol–water partition coefficient (Wildman–Crippen LogP) is 2.47. The molecule has 0 saturated carbocycles. The van der Waals surface area contributed by atoms with E-state index in [-0.39, 0.29) is 48.2 Å². The first-order valence-corrected chi connectivity index (χ1v) is 12.4. The van der Waals surface area contributed by atoms with Gasteiger partial charge in [0.15, 0.2) is 0 Å². The van der Waals surface area contributed by atoms with Gasteiger partial charge in [0.05, 0.1) is 5.56 Å². The summed E-state index contributed by atoms with van der Waals surface area (Å²) in [5, 5.41) is 2.74. The number of fused-ring (bicyclic) bond motifs is 1. The van der Waals surface area contributed by atoms with Crippen LogP contribution in [0.2, 0.25) is 0 Å². The average Bonchev–Trinajstić information content (AvgIpc) is 2.99. The Morgan fingerprint density at radius 2 is 1.76 bits per heavy atom. The van der Waals surface area contributed by atoms with Gasteiger partial charge >= 0.3 is 0 Å². The number of nitrogens with zero attached hydrogens (tertiary/aromatic N) is 2. The number of benzene rings is 2.